The van der Waals surface area contributed by atoms with Crippen molar-refractivity contribution in [3.63, 3.8) is 0 Å². The van der Waals surface area contributed by atoms with Crippen LogP contribution >= 0.6 is 11.6 Å². The number of nitrogens with one attached hydrogen (secondary N) is 1. The monoisotopic (exact) mass is 333 g/mol. The highest BCUT2D eigenvalue weighted by Gasteiger charge is 2.05. The van der Waals surface area contributed by atoms with Crippen molar-refractivity contribution in [2.45, 2.75) is 6.42 Å². The summed E-state index contributed by atoms with van der Waals surface area (Å²) >= 11 is 6.11. The number of hydrogen-bond acceptors (Lipinski definition) is 3. The lowest BCUT2D eigenvalue weighted by Crippen LogP contribution is -2.23. The maximum Gasteiger partial charge on any atom is 0.193 e. The van der Waals surface area contributed by atoms with Crippen LogP contribution in [0.4, 0.5) is 5.69 Å². The molecule has 0 aliphatic rings. The van der Waals surface area contributed by atoms with E-state index in [0.717, 1.165) is 22.7 Å². The van der Waals surface area contributed by atoms with Gasteiger partial charge in [0.15, 0.2) is 17.5 Å². The minimum absolute atomic E-state index is 0.337. The molecule has 0 bridgehead atoms. The molecule has 0 fully saturated rings. The maximum absolute atomic E-state index is 6.11. The van der Waals surface area contributed by atoms with E-state index in [4.69, 9.17) is 26.8 Å². The molecule has 0 saturated heterocycles. The lowest BCUT2D eigenvalue weighted by molar-refractivity contribution is 0.355. The lowest BCUT2D eigenvalue weighted by atomic mass is 10.1. The summed E-state index contributed by atoms with van der Waals surface area (Å²) in [7, 11) is 3.18. The van der Waals surface area contributed by atoms with Crippen LogP contribution in [0.1, 0.15) is 5.56 Å². The highest BCUT2D eigenvalue weighted by Crippen LogP contribution is 2.29. The molecule has 2 aromatic rings. The summed E-state index contributed by atoms with van der Waals surface area (Å²) in [6, 6.07) is 13.2. The molecule has 122 valence electrons. The molecule has 23 heavy (non-hydrogen) atoms. The molecule has 5 nitrogen and oxygen atoms in total. The van der Waals surface area contributed by atoms with Gasteiger partial charge in [-0.3, -0.25) is 4.99 Å². The van der Waals surface area contributed by atoms with Crippen molar-refractivity contribution in [2.75, 3.05) is 26.1 Å². The zero-order valence-corrected chi connectivity index (χ0v) is 13.9. The van der Waals surface area contributed by atoms with Gasteiger partial charge in [-0.15, -0.1) is 0 Å². The van der Waals surface area contributed by atoms with Crippen LogP contribution in [0.5, 0.6) is 11.5 Å². The number of halogens is 1. The largest absolute Gasteiger partial charge is 0.493 e. The van der Waals surface area contributed by atoms with Gasteiger partial charge in [-0.05, 0) is 30.2 Å². The number of nitrogens with two attached hydrogens (primary N) is 1. The van der Waals surface area contributed by atoms with Crippen LogP contribution < -0.4 is 20.5 Å². The average Bonchev–Trinajstić information content (AvgIpc) is 2.56. The van der Waals surface area contributed by atoms with E-state index in [1.807, 2.05) is 30.3 Å². The van der Waals surface area contributed by atoms with Crippen molar-refractivity contribution >= 4 is 23.2 Å². The Morgan fingerprint density at radius 1 is 1.13 bits per heavy atom. The summed E-state index contributed by atoms with van der Waals surface area (Å²) < 4.78 is 10.4. The number of benzene rings is 2. The molecule has 0 radical (unpaired) electrons. The highest BCUT2D eigenvalue weighted by atomic mass is 35.5. The Morgan fingerprint density at radius 2 is 1.87 bits per heavy atom. The third-order valence-corrected chi connectivity index (χ3v) is 3.65. The van der Waals surface area contributed by atoms with Crippen molar-refractivity contribution in [1.29, 1.82) is 0 Å². The van der Waals surface area contributed by atoms with E-state index in [-0.39, 0.29) is 0 Å². The topological polar surface area (TPSA) is 68.9 Å². The Balaban J connectivity index is 1.96. The third kappa shape index (κ3) is 4.79. The molecule has 0 aliphatic carbocycles. The summed E-state index contributed by atoms with van der Waals surface area (Å²) in [5.41, 5.74) is 7.74. The second kappa shape index (κ2) is 8.29. The summed E-state index contributed by atoms with van der Waals surface area (Å²) in [5, 5.41) is 3.77. The fraction of sp³-hybridized carbons (Fsp3) is 0.235. The number of aliphatic imine (C=N–C) groups is 1. The van der Waals surface area contributed by atoms with E-state index in [0.29, 0.717) is 24.0 Å². The standard InChI is InChI=1S/C17H20ClN3O2/c1-22-15-8-7-13(11-16(15)23-2)21-17(19)20-10-9-12-5-3-4-6-14(12)18/h3-8,11H,9-10H2,1-2H3,(H3,19,20,21). The van der Waals surface area contributed by atoms with Gasteiger partial charge < -0.3 is 20.5 Å². The zero-order valence-electron chi connectivity index (χ0n) is 13.2. The Bertz CT molecular complexity index is 689. The molecule has 0 amide bonds. The minimum Gasteiger partial charge on any atom is -0.493 e. The van der Waals surface area contributed by atoms with Gasteiger partial charge in [-0.25, -0.2) is 0 Å². The number of anilines is 1. The van der Waals surface area contributed by atoms with Crippen LogP contribution in [0.25, 0.3) is 0 Å². The number of rotatable bonds is 6. The lowest BCUT2D eigenvalue weighted by Gasteiger charge is -2.11. The van der Waals surface area contributed by atoms with Gasteiger partial charge in [-0.1, -0.05) is 29.8 Å². The molecule has 0 atom stereocenters. The van der Waals surface area contributed by atoms with E-state index in [1.165, 1.54) is 0 Å². The first-order valence-electron chi connectivity index (χ1n) is 7.16. The fourth-order valence-corrected chi connectivity index (χ4v) is 2.33. The first-order chi connectivity index (χ1) is 11.1. The molecule has 0 unspecified atom stereocenters. The fourth-order valence-electron chi connectivity index (χ4n) is 2.10. The van der Waals surface area contributed by atoms with Crippen LogP contribution in [0.2, 0.25) is 5.02 Å². The van der Waals surface area contributed by atoms with Gasteiger partial charge in [0.25, 0.3) is 0 Å². The van der Waals surface area contributed by atoms with E-state index >= 15 is 0 Å². The van der Waals surface area contributed by atoms with Gasteiger partial charge in [0.05, 0.1) is 14.2 Å². The SMILES string of the molecule is COc1ccc(NC(N)=NCCc2ccccc2Cl)cc1OC. The minimum atomic E-state index is 0.337. The molecule has 6 heteroatoms. The zero-order chi connectivity index (χ0) is 16.7. The second-order valence-corrected chi connectivity index (χ2v) is 5.21. The Labute approximate surface area is 141 Å². The molecule has 0 aliphatic heterocycles. The smallest absolute Gasteiger partial charge is 0.193 e. The predicted molar refractivity (Wildman–Crippen MR) is 94.8 cm³/mol. The Kier molecular flexibility index (Phi) is 6.11. The van der Waals surface area contributed by atoms with Crippen molar-refractivity contribution < 1.29 is 9.47 Å². The Morgan fingerprint density at radius 3 is 2.57 bits per heavy atom. The third-order valence-electron chi connectivity index (χ3n) is 3.28. The van der Waals surface area contributed by atoms with Crippen molar-refractivity contribution in [3.05, 3.63) is 53.1 Å². The summed E-state index contributed by atoms with van der Waals surface area (Å²) in [4.78, 5) is 4.31. The molecular formula is C17H20ClN3O2. The van der Waals surface area contributed by atoms with Gasteiger partial charge in [-0.2, -0.15) is 0 Å². The molecule has 0 spiro atoms. The van der Waals surface area contributed by atoms with Crippen LogP contribution in [-0.2, 0) is 6.42 Å². The van der Waals surface area contributed by atoms with E-state index in [2.05, 4.69) is 10.3 Å². The molecule has 2 aromatic carbocycles. The van der Waals surface area contributed by atoms with Crippen molar-refractivity contribution in [1.82, 2.24) is 0 Å². The van der Waals surface area contributed by atoms with Crippen LogP contribution in [0, 0.1) is 0 Å². The average molecular weight is 334 g/mol. The number of ether oxygens (including phenoxy) is 2. The normalized spacial score (nSPS) is 11.2. The van der Waals surface area contributed by atoms with Crippen molar-refractivity contribution in [3.8, 4) is 11.5 Å². The van der Waals surface area contributed by atoms with E-state index < -0.39 is 0 Å². The predicted octanol–water partition coefficient (Wildman–Crippen LogP) is 3.33. The van der Waals surface area contributed by atoms with E-state index in [1.54, 1.807) is 26.4 Å². The summed E-state index contributed by atoms with van der Waals surface area (Å²) in [5.74, 6) is 1.62. The van der Waals surface area contributed by atoms with E-state index in [9.17, 15) is 0 Å². The summed E-state index contributed by atoms with van der Waals surface area (Å²) in [6.07, 6.45) is 0.730. The number of hydrogen-bond donors (Lipinski definition) is 2. The van der Waals surface area contributed by atoms with Gasteiger partial charge in [0, 0.05) is 23.3 Å². The van der Waals surface area contributed by atoms with Crippen molar-refractivity contribution in [2.24, 2.45) is 10.7 Å². The molecule has 2 rings (SSSR count). The van der Waals surface area contributed by atoms with Crippen LogP contribution in [0.15, 0.2) is 47.5 Å². The number of guanidine groups is 1. The number of methoxy groups -OCH3 is 2. The van der Waals surface area contributed by atoms with Gasteiger partial charge in [0.2, 0.25) is 0 Å². The molecule has 0 saturated carbocycles. The van der Waals surface area contributed by atoms with Crippen LogP contribution in [-0.4, -0.2) is 26.7 Å². The van der Waals surface area contributed by atoms with Gasteiger partial charge in [0.1, 0.15) is 0 Å². The highest BCUT2D eigenvalue weighted by molar-refractivity contribution is 6.31. The quantitative estimate of drug-likeness (QED) is 0.628. The molecule has 0 heterocycles. The van der Waals surface area contributed by atoms with Crippen LogP contribution in [0.3, 0.4) is 0 Å². The second-order valence-electron chi connectivity index (χ2n) is 4.80. The first-order valence-corrected chi connectivity index (χ1v) is 7.54. The first kappa shape index (κ1) is 17.0. The molecular weight excluding hydrogens is 314 g/mol. The Hall–Kier alpha value is -2.40. The summed E-state index contributed by atoms with van der Waals surface area (Å²) in [6.45, 7) is 0.551. The number of nitrogens with zero attached hydrogens (tertiary/aromatic N) is 1. The molecule has 0 aromatic heterocycles. The maximum atomic E-state index is 6.11. The molecule has 3 N–H and O–H groups in total. The van der Waals surface area contributed by atoms with Gasteiger partial charge >= 0.3 is 0 Å².